The number of hydrogen-bond acceptors (Lipinski definition) is 8. The van der Waals surface area contributed by atoms with Gasteiger partial charge in [-0.25, -0.2) is 23.9 Å². The van der Waals surface area contributed by atoms with Crippen LogP contribution in [-0.4, -0.2) is 43.1 Å². The molecule has 1 unspecified atom stereocenters. The van der Waals surface area contributed by atoms with E-state index in [9.17, 15) is 18.8 Å². The highest BCUT2D eigenvalue weighted by Gasteiger charge is 2.39. The standard InChI is InChI=1S/C27H21F2N5O6/c1-38-22-12-17-19(13-23(22)39-2)30-10-9-20(17)40-21-8-5-15(11-18(21)29)31-25(35)24-26(36)34(27(37)33-32-24)16-6-3-14(28)4-7-16/h3-13,24,32H,1-2H3,(H,31,35)(H,33,37). The molecular formula is C27H21F2N5O6. The first-order valence-corrected chi connectivity index (χ1v) is 11.7. The number of methoxy groups -OCH3 is 2. The van der Waals surface area contributed by atoms with Gasteiger partial charge in [0.1, 0.15) is 11.6 Å². The minimum Gasteiger partial charge on any atom is -0.493 e. The van der Waals surface area contributed by atoms with Crippen LogP contribution in [0.15, 0.2) is 66.9 Å². The van der Waals surface area contributed by atoms with Gasteiger partial charge in [0.25, 0.3) is 11.8 Å². The number of nitrogens with zero attached hydrogens (tertiary/aromatic N) is 2. The van der Waals surface area contributed by atoms with Crippen LogP contribution >= 0.6 is 0 Å². The molecule has 1 saturated heterocycles. The first-order chi connectivity index (χ1) is 19.3. The number of halogens is 2. The maximum Gasteiger partial charge on any atom is 0.343 e. The van der Waals surface area contributed by atoms with Crippen molar-refractivity contribution in [1.82, 2.24) is 15.8 Å². The highest BCUT2D eigenvalue weighted by molar-refractivity contribution is 6.25. The summed E-state index contributed by atoms with van der Waals surface area (Å²) < 4.78 is 44.7. The second-order valence-corrected chi connectivity index (χ2v) is 8.43. The number of carbonyl (C=O) groups excluding carboxylic acids is 3. The van der Waals surface area contributed by atoms with Crippen LogP contribution in [0.5, 0.6) is 23.0 Å². The Labute approximate surface area is 225 Å². The van der Waals surface area contributed by atoms with Crippen LogP contribution in [0.25, 0.3) is 10.9 Å². The Bertz CT molecular complexity index is 1630. The molecule has 1 atom stereocenters. The van der Waals surface area contributed by atoms with E-state index in [0.717, 1.165) is 18.2 Å². The second-order valence-electron chi connectivity index (χ2n) is 8.43. The molecule has 13 heteroatoms. The van der Waals surface area contributed by atoms with Gasteiger partial charge in [-0.15, -0.1) is 0 Å². The topological polar surface area (TPSA) is 131 Å². The first kappa shape index (κ1) is 26.3. The summed E-state index contributed by atoms with van der Waals surface area (Å²) >= 11 is 0. The molecule has 5 rings (SSSR count). The van der Waals surface area contributed by atoms with Crippen molar-refractivity contribution in [3.8, 4) is 23.0 Å². The van der Waals surface area contributed by atoms with Gasteiger partial charge in [0.2, 0.25) is 0 Å². The van der Waals surface area contributed by atoms with E-state index >= 15 is 4.39 Å². The van der Waals surface area contributed by atoms with Gasteiger partial charge in [0, 0.05) is 29.4 Å². The number of anilines is 2. The van der Waals surface area contributed by atoms with E-state index in [-0.39, 0.29) is 17.1 Å². The van der Waals surface area contributed by atoms with Gasteiger partial charge in [-0.2, -0.15) is 0 Å². The Morgan fingerprint density at radius 1 is 0.925 bits per heavy atom. The molecule has 40 heavy (non-hydrogen) atoms. The lowest BCUT2D eigenvalue weighted by molar-refractivity contribution is -0.128. The number of carbonyl (C=O) groups is 3. The summed E-state index contributed by atoms with van der Waals surface area (Å²) in [4.78, 5) is 43.0. The fraction of sp³-hybridized carbons (Fsp3) is 0.111. The Balaban J connectivity index is 1.33. The van der Waals surface area contributed by atoms with Crippen molar-refractivity contribution in [3.63, 3.8) is 0 Å². The number of hydrazine groups is 1. The van der Waals surface area contributed by atoms with Gasteiger partial charge in [-0.1, -0.05) is 0 Å². The monoisotopic (exact) mass is 549 g/mol. The number of nitrogens with one attached hydrogen (secondary N) is 3. The maximum atomic E-state index is 15.0. The van der Waals surface area contributed by atoms with Crippen molar-refractivity contribution in [2.24, 2.45) is 0 Å². The minimum absolute atomic E-state index is 0.0284. The van der Waals surface area contributed by atoms with E-state index in [0.29, 0.717) is 33.1 Å². The molecule has 0 radical (unpaired) electrons. The molecule has 204 valence electrons. The van der Waals surface area contributed by atoms with Crippen molar-refractivity contribution in [1.29, 1.82) is 0 Å². The van der Waals surface area contributed by atoms with Crippen molar-refractivity contribution >= 4 is 40.1 Å². The summed E-state index contributed by atoms with van der Waals surface area (Å²) in [7, 11) is 2.98. The Morgan fingerprint density at radius 3 is 2.35 bits per heavy atom. The maximum absolute atomic E-state index is 15.0. The summed E-state index contributed by atoms with van der Waals surface area (Å²) in [5.41, 5.74) is 5.17. The zero-order valence-corrected chi connectivity index (χ0v) is 21.0. The summed E-state index contributed by atoms with van der Waals surface area (Å²) in [6, 6.07) is 10.8. The highest BCUT2D eigenvalue weighted by atomic mass is 19.1. The zero-order valence-electron chi connectivity index (χ0n) is 21.0. The molecule has 3 N–H and O–H groups in total. The van der Waals surface area contributed by atoms with Crippen LogP contribution in [0.1, 0.15) is 0 Å². The number of urea groups is 1. The molecule has 0 bridgehead atoms. The number of amides is 4. The zero-order chi connectivity index (χ0) is 28.4. The molecule has 0 saturated carbocycles. The van der Waals surface area contributed by atoms with E-state index < -0.39 is 35.5 Å². The second kappa shape index (κ2) is 10.8. The molecular weight excluding hydrogens is 528 g/mol. The summed E-state index contributed by atoms with van der Waals surface area (Å²) in [6.45, 7) is 0. The fourth-order valence-electron chi connectivity index (χ4n) is 4.02. The lowest BCUT2D eigenvalue weighted by Crippen LogP contribution is -2.67. The summed E-state index contributed by atoms with van der Waals surface area (Å²) in [5.74, 6) is -2.07. The van der Waals surface area contributed by atoms with Crippen LogP contribution in [-0.2, 0) is 9.59 Å². The number of hydrogen-bond donors (Lipinski definition) is 3. The Kier molecular flexibility index (Phi) is 7.12. The Morgan fingerprint density at radius 2 is 1.65 bits per heavy atom. The van der Waals surface area contributed by atoms with Crippen molar-refractivity contribution in [3.05, 3.63) is 78.5 Å². The molecule has 1 aliphatic rings. The lowest BCUT2D eigenvalue weighted by atomic mass is 10.1. The lowest BCUT2D eigenvalue weighted by Gasteiger charge is -2.31. The smallest absolute Gasteiger partial charge is 0.343 e. The van der Waals surface area contributed by atoms with E-state index in [1.54, 1.807) is 18.2 Å². The summed E-state index contributed by atoms with van der Waals surface area (Å²) in [5, 5.41) is 2.98. The van der Waals surface area contributed by atoms with Crippen molar-refractivity contribution < 1.29 is 37.4 Å². The molecule has 0 spiro atoms. The minimum atomic E-state index is -1.54. The third-order valence-corrected chi connectivity index (χ3v) is 5.97. The molecule has 1 fully saturated rings. The average molecular weight is 549 g/mol. The number of rotatable bonds is 7. The molecule has 11 nitrogen and oxygen atoms in total. The predicted octanol–water partition coefficient (Wildman–Crippen LogP) is 3.89. The Hall–Kier alpha value is -5.30. The SMILES string of the molecule is COc1cc2nccc(Oc3ccc(NC(=O)C4NNC(=O)N(c5ccc(F)cc5)C4=O)cc3F)c2cc1OC. The number of aromatic nitrogens is 1. The van der Waals surface area contributed by atoms with E-state index in [2.05, 4.69) is 21.2 Å². The molecule has 1 aromatic heterocycles. The number of imide groups is 1. The quantitative estimate of drug-likeness (QED) is 0.296. The van der Waals surface area contributed by atoms with Crippen LogP contribution in [0.4, 0.5) is 25.0 Å². The van der Waals surface area contributed by atoms with Crippen molar-refractivity contribution in [2.45, 2.75) is 6.04 Å². The van der Waals surface area contributed by atoms with Crippen LogP contribution in [0.2, 0.25) is 0 Å². The molecule has 1 aliphatic heterocycles. The summed E-state index contributed by atoms with van der Waals surface area (Å²) in [6.07, 6.45) is 1.50. The number of pyridine rings is 1. The molecule has 3 aromatic carbocycles. The van der Waals surface area contributed by atoms with Gasteiger partial charge in [-0.05, 0) is 48.5 Å². The van der Waals surface area contributed by atoms with Crippen LogP contribution in [0.3, 0.4) is 0 Å². The number of ether oxygens (including phenoxy) is 3. The predicted molar refractivity (Wildman–Crippen MR) is 139 cm³/mol. The number of fused-ring (bicyclic) bond motifs is 1. The molecule has 4 amide bonds. The van der Waals surface area contributed by atoms with Gasteiger partial charge in [-0.3, -0.25) is 20.0 Å². The molecule has 0 aliphatic carbocycles. The third kappa shape index (κ3) is 5.05. The van der Waals surface area contributed by atoms with Crippen molar-refractivity contribution in [2.75, 3.05) is 24.4 Å². The van der Waals surface area contributed by atoms with E-state index in [1.807, 2.05) is 0 Å². The van der Waals surface area contributed by atoms with Crippen LogP contribution in [0, 0.1) is 11.6 Å². The highest BCUT2D eigenvalue weighted by Crippen LogP contribution is 2.37. The number of benzene rings is 3. The van der Waals surface area contributed by atoms with Gasteiger partial charge in [0.05, 0.1) is 25.4 Å². The van der Waals surface area contributed by atoms with E-state index in [4.69, 9.17) is 14.2 Å². The van der Waals surface area contributed by atoms with E-state index in [1.165, 1.54) is 44.7 Å². The van der Waals surface area contributed by atoms with Gasteiger partial charge < -0.3 is 19.5 Å². The van der Waals surface area contributed by atoms with Crippen LogP contribution < -0.4 is 35.3 Å². The largest absolute Gasteiger partial charge is 0.493 e. The third-order valence-electron chi connectivity index (χ3n) is 5.97. The fourth-order valence-corrected chi connectivity index (χ4v) is 4.02. The normalized spacial score (nSPS) is 15.0. The van der Waals surface area contributed by atoms with Gasteiger partial charge in [0.15, 0.2) is 29.1 Å². The average Bonchev–Trinajstić information content (AvgIpc) is 2.94. The molecule has 4 aromatic rings. The molecule has 2 heterocycles. The van der Waals surface area contributed by atoms with Gasteiger partial charge >= 0.3 is 6.03 Å². The first-order valence-electron chi connectivity index (χ1n) is 11.7.